The molecule has 1 amide bonds. The number of carbonyl (C=O) groups excluding carboxylic acids is 1. The van der Waals surface area contributed by atoms with Crippen LogP contribution in [0.25, 0.3) is 10.1 Å². The standard InChI is InChI=1S/C14H16FNO2S/c1-9(3-2-6-17)16-14(18)13-7-10-4-5-11(15)8-12(10)19-13/h4-5,7-9,17H,2-3,6H2,1H3,(H,16,18). The Labute approximate surface area is 115 Å². The number of carbonyl (C=O) groups is 1. The Kier molecular flexibility index (Phi) is 4.50. The maximum atomic E-state index is 13.1. The number of hydrogen-bond acceptors (Lipinski definition) is 3. The van der Waals surface area contributed by atoms with Crippen molar-refractivity contribution in [1.82, 2.24) is 5.32 Å². The first-order valence-corrected chi connectivity index (χ1v) is 7.02. The molecular formula is C14H16FNO2S. The molecule has 3 nitrogen and oxygen atoms in total. The first-order chi connectivity index (χ1) is 9.10. The highest BCUT2D eigenvalue weighted by Crippen LogP contribution is 2.26. The van der Waals surface area contributed by atoms with Crippen LogP contribution in [0.15, 0.2) is 24.3 Å². The molecule has 0 aliphatic rings. The van der Waals surface area contributed by atoms with E-state index in [-0.39, 0.29) is 24.4 Å². The zero-order chi connectivity index (χ0) is 13.8. The lowest BCUT2D eigenvalue weighted by molar-refractivity contribution is 0.0940. The van der Waals surface area contributed by atoms with Crippen LogP contribution in [0.1, 0.15) is 29.4 Å². The van der Waals surface area contributed by atoms with Crippen molar-refractivity contribution < 1.29 is 14.3 Å². The summed E-state index contributed by atoms with van der Waals surface area (Å²) in [6, 6.07) is 6.29. The second kappa shape index (κ2) is 6.12. The van der Waals surface area contributed by atoms with Crippen LogP contribution >= 0.6 is 11.3 Å². The lowest BCUT2D eigenvalue weighted by atomic mass is 10.2. The first kappa shape index (κ1) is 14.0. The molecule has 5 heteroatoms. The highest BCUT2D eigenvalue weighted by molar-refractivity contribution is 7.20. The van der Waals surface area contributed by atoms with E-state index in [0.717, 1.165) is 16.5 Å². The summed E-state index contributed by atoms with van der Waals surface area (Å²) in [5, 5.41) is 12.5. The summed E-state index contributed by atoms with van der Waals surface area (Å²) in [7, 11) is 0. The zero-order valence-electron chi connectivity index (χ0n) is 10.6. The van der Waals surface area contributed by atoms with Crippen molar-refractivity contribution in [2.75, 3.05) is 6.61 Å². The molecule has 0 saturated carbocycles. The van der Waals surface area contributed by atoms with Gasteiger partial charge in [-0.1, -0.05) is 6.07 Å². The lowest BCUT2D eigenvalue weighted by Gasteiger charge is -2.11. The van der Waals surface area contributed by atoms with Gasteiger partial charge in [-0.3, -0.25) is 4.79 Å². The van der Waals surface area contributed by atoms with Crippen LogP contribution in [0.3, 0.4) is 0 Å². The van der Waals surface area contributed by atoms with Crippen molar-refractivity contribution in [3.63, 3.8) is 0 Å². The lowest BCUT2D eigenvalue weighted by Crippen LogP contribution is -2.32. The largest absolute Gasteiger partial charge is 0.396 e. The molecule has 1 aromatic heterocycles. The van der Waals surface area contributed by atoms with Gasteiger partial charge in [0.05, 0.1) is 4.88 Å². The molecule has 0 aliphatic carbocycles. The molecule has 0 saturated heterocycles. The molecule has 0 spiro atoms. The van der Waals surface area contributed by atoms with E-state index in [4.69, 9.17) is 5.11 Å². The highest BCUT2D eigenvalue weighted by Gasteiger charge is 2.13. The fourth-order valence-corrected chi connectivity index (χ4v) is 2.87. The number of rotatable bonds is 5. The molecule has 102 valence electrons. The monoisotopic (exact) mass is 281 g/mol. The van der Waals surface area contributed by atoms with Crippen LogP contribution in [-0.2, 0) is 0 Å². The zero-order valence-corrected chi connectivity index (χ0v) is 11.5. The molecule has 2 N–H and O–H groups in total. The van der Waals surface area contributed by atoms with Gasteiger partial charge >= 0.3 is 0 Å². The van der Waals surface area contributed by atoms with Crippen molar-refractivity contribution in [1.29, 1.82) is 0 Å². The summed E-state index contributed by atoms with van der Waals surface area (Å²) in [4.78, 5) is 12.6. The van der Waals surface area contributed by atoms with Crippen molar-refractivity contribution in [3.05, 3.63) is 35.0 Å². The molecule has 2 aromatic rings. The minimum Gasteiger partial charge on any atom is -0.396 e. The summed E-state index contributed by atoms with van der Waals surface area (Å²) in [5.74, 6) is -0.440. The number of fused-ring (bicyclic) bond motifs is 1. The van der Waals surface area contributed by atoms with Gasteiger partial charge < -0.3 is 10.4 Å². The first-order valence-electron chi connectivity index (χ1n) is 6.21. The molecular weight excluding hydrogens is 265 g/mol. The molecule has 2 rings (SSSR count). The van der Waals surface area contributed by atoms with E-state index < -0.39 is 0 Å². The van der Waals surface area contributed by atoms with Crippen LogP contribution < -0.4 is 5.32 Å². The van der Waals surface area contributed by atoms with Gasteiger partial charge in [-0.15, -0.1) is 11.3 Å². The van der Waals surface area contributed by atoms with Crippen molar-refractivity contribution >= 4 is 27.3 Å². The third-order valence-electron chi connectivity index (χ3n) is 2.88. The van der Waals surface area contributed by atoms with E-state index in [2.05, 4.69) is 5.32 Å². The average molecular weight is 281 g/mol. The average Bonchev–Trinajstić information content (AvgIpc) is 2.79. The predicted octanol–water partition coefficient (Wildman–Crippen LogP) is 2.93. The van der Waals surface area contributed by atoms with Gasteiger partial charge in [0.1, 0.15) is 5.82 Å². The maximum Gasteiger partial charge on any atom is 0.261 e. The van der Waals surface area contributed by atoms with Crippen LogP contribution in [-0.4, -0.2) is 23.7 Å². The summed E-state index contributed by atoms with van der Waals surface area (Å²) in [6.07, 6.45) is 1.40. The summed E-state index contributed by atoms with van der Waals surface area (Å²) in [5.41, 5.74) is 0. The van der Waals surface area contributed by atoms with Crippen molar-refractivity contribution in [2.24, 2.45) is 0 Å². The number of halogens is 1. The van der Waals surface area contributed by atoms with Gasteiger partial charge in [0, 0.05) is 17.3 Å². The maximum absolute atomic E-state index is 13.1. The van der Waals surface area contributed by atoms with Gasteiger partial charge in [0.15, 0.2) is 0 Å². The molecule has 1 atom stereocenters. The van der Waals surface area contributed by atoms with E-state index in [1.807, 2.05) is 6.92 Å². The Morgan fingerprint density at radius 1 is 1.47 bits per heavy atom. The Bertz CT molecular complexity index is 582. The number of nitrogens with one attached hydrogen (secondary N) is 1. The van der Waals surface area contributed by atoms with E-state index in [1.165, 1.54) is 23.5 Å². The fraction of sp³-hybridized carbons (Fsp3) is 0.357. The SMILES string of the molecule is CC(CCCO)NC(=O)c1cc2ccc(F)cc2s1. The van der Waals surface area contributed by atoms with Crippen LogP contribution in [0.5, 0.6) is 0 Å². The molecule has 1 aromatic carbocycles. The van der Waals surface area contributed by atoms with Gasteiger partial charge in [-0.05, 0) is 43.4 Å². The Hall–Kier alpha value is -1.46. The number of thiophene rings is 1. The third-order valence-corrected chi connectivity index (χ3v) is 3.98. The molecule has 0 fully saturated rings. The Balaban J connectivity index is 2.08. The van der Waals surface area contributed by atoms with Crippen LogP contribution in [0, 0.1) is 5.82 Å². The second-order valence-electron chi connectivity index (χ2n) is 4.53. The Morgan fingerprint density at radius 3 is 3.00 bits per heavy atom. The second-order valence-corrected chi connectivity index (χ2v) is 5.62. The highest BCUT2D eigenvalue weighted by atomic mass is 32.1. The summed E-state index contributed by atoms with van der Waals surface area (Å²) < 4.78 is 13.9. The normalized spacial score (nSPS) is 12.6. The predicted molar refractivity (Wildman–Crippen MR) is 75.0 cm³/mol. The molecule has 0 bridgehead atoms. The van der Waals surface area contributed by atoms with Crippen molar-refractivity contribution in [2.45, 2.75) is 25.8 Å². The number of hydrogen-bond donors (Lipinski definition) is 2. The molecule has 19 heavy (non-hydrogen) atoms. The summed E-state index contributed by atoms with van der Waals surface area (Å²) >= 11 is 1.28. The minimum absolute atomic E-state index is 0.0154. The Morgan fingerprint density at radius 2 is 2.26 bits per heavy atom. The molecule has 1 heterocycles. The third kappa shape index (κ3) is 3.52. The number of aliphatic hydroxyl groups excluding tert-OH is 1. The van der Waals surface area contributed by atoms with Crippen molar-refractivity contribution in [3.8, 4) is 0 Å². The van der Waals surface area contributed by atoms with Crippen LogP contribution in [0.2, 0.25) is 0 Å². The van der Waals surface area contributed by atoms with E-state index in [0.29, 0.717) is 11.3 Å². The van der Waals surface area contributed by atoms with Gasteiger partial charge in [0.25, 0.3) is 5.91 Å². The molecule has 1 unspecified atom stereocenters. The minimum atomic E-state index is -0.294. The number of aliphatic hydroxyl groups is 1. The van der Waals surface area contributed by atoms with E-state index >= 15 is 0 Å². The smallest absolute Gasteiger partial charge is 0.261 e. The number of benzene rings is 1. The molecule has 0 aliphatic heterocycles. The fourth-order valence-electron chi connectivity index (χ4n) is 1.88. The quantitative estimate of drug-likeness (QED) is 0.885. The van der Waals surface area contributed by atoms with E-state index in [9.17, 15) is 9.18 Å². The van der Waals surface area contributed by atoms with Gasteiger partial charge in [0.2, 0.25) is 0 Å². The van der Waals surface area contributed by atoms with Crippen LogP contribution in [0.4, 0.5) is 4.39 Å². The molecule has 0 radical (unpaired) electrons. The van der Waals surface area contributed by atoms with Gasteiger partial charge in [-0.2, -0.15) is 0 Å². The summed E-state index contributed by atoms with van der Waals surface area (Å²) in [6.45, 7) is 2.03. The number of amides is 1. The van der Waals surface area contributed by atoms with E-state index in [1.54, 1.807) is 12.1 Å². The topological polar surface area (TPSA) is 49.3 Å². The van der Waals surface area contributed by atoms with Gasteiger partial charge in [-0.25, -0.2) is 4.39 Å².